The van der Waals surface area contributed by atoms with E-state index in [-0.39, 0.29) is 34.2 Å². The van der Waals surface area contributed by atoms with Gasteiger partial charge in [-0.1, -0.05) is 12.1 Å². The van der Waals surface area contributed by atoms with Crippen molar-refractivity contribution in [1.29, 1.82) is 0 Å². The number of imidazole rings is 1. The van der Waals surface area contributed by atoms with Gasteiger partial charge < -0.3 is 9.72 Å². The third-order valence-electron chi connectivity index (χ3n) is 6.17. The molecule has 1 amide bonds. The molecular formula is C23H24F4N4O3S. The molecule has 2 aromatic heterocycles. The Morgan fingerprint density at radius 2 is 1.71 bits per heavy atom. The van der Waals surface area contributed by atoms with E-state index in [0.717, 1.165) is 22.4 Å². The van der Waals surface area contributed by atoms with Crippen LogP contribution in [0, 0.1) is 11.7 Å². The van der Waals surface area contributed by atoms with Crippen molar-refractivity contribution in [1.82, 2.24) is 19.4 Å². The highest BCUT2D eigenvalue weighted by atomic mass is 32.2. The first-order valence-corrected chi connectivity index (χ1v) is 12.5. The maximum atomic E-state index is 13.1. The minimum absolute atomic E-state index is 0.0161. The van der Waals surface area contributed by atoms with Crippen LogP contribution in [0.25, 0.3) is 5.65 Å². The van der Waals surface area contributed by atoms with Crippen LogP contribution in [0.2, 0.25) is 0 Å². The topological polar surface area (TPSA) is 92.6 Å². The summed E-state index contributed by atoms with van der Waals surface area (Å²) in [6.45, 7) is 1.81. The second kappa shape index (κ2) is 9.57. The Morgan fingerprint density at radius 1 is 1.06 bits per heavy atom. The van der Waals surface area contributed by atoms with E-state index in [0.29, 0.717) is 25.7 Å². The monoisotopic (exact) mass is 512 g/mol. The molecule has 2 heterocycles. The van der Waals surface area contributed by atoms with E-state index in [1.54, 1.807) is 19.1 Å². The average molecular weight is 513 g/mol. The number of amides is 1. The SMILES string of the molecule is CC(NC(=O)C1CCC(NS(=O)(=O)c2ccc3nc(C(F)(F)F)cn3c2)CC1)c1ccc(F)cc1. The minimum Gasteiger partial charge on any atom is -0.349 e. The molecular weight excluding hydrogens is 488 g/mol. The van der Waals surface area contributed by atoms with Crippen molar-refractivity contribution < 1.29 is 30.8 Å². The Hall–Kier alpha value is -2.99. The summed E-state index contributed by atoms with van der Waals surface area (Å²) in [5, 5.41) is 2.92. The van der Waals surface area contributed by atoms with E-state index >= 15 is 0 Å². The van der Waals surface area contributed by atoms with Crippen molar-refractivity contribution in [2.24, 2.45) is 5.92 Å². The number of hydrogen-bond acceptors (Lipinski definition) is 4. The predicted octanol–water partition coefficient (Wildman–Crippen LogP) is 4.21. The second-order valence-electron chi connectivity index (χ2n) is 8.71. The Labute approximate surface area is 199 Å². The number of benzene rings is 1. The first-order chi connectivity index (χ1) is 16.4. The van der Waals surface area contributed by atoms with E-state index in [9.17, 15) is 30.8 Å². The highest BCUT2D eigenvalue weighted by Gasteiger charge is 2.34. The predicted molar refractivity (Wildman–Crippen MR) is 119 cm³/mol. The molecule has 0 spiro atoms. The molecule has 1 aromatic carbocycles. The van der Waals surface area contributed by atoms with Crippen molar-refractivity contribution in [2.45, 2.75) is 55.8 Å². The quantitative estimate of drug-likeness (QED) is 0.484. The third kappa shape index (κ3) is 5.81. The molecule has 0 radical (unpaired) electrons. The molecule has 35 heavy (non-hydrogen) atoms. The van der Waals surface area contributed by atoms with Crippen LogP contribution in [0.5, 0.6) is 0 Å². The molecule has 1 aliphatic carbocycles. The van der Waals surface area contributed by atoms with E-state index < -0.39 is 27.9 Å². The maximum absolute atomic E-state index is 13.1. The smallest absolute Gasteiger partial charge is 0.349 e. The van der Waals surface area contributed by atoms with Crippen LogP contribution >= 0.6 is 0 Å². The van der Waals surface area contributed by atoms with E-state index in [4.69, 9.17) is 0 Å². The molecule has 3 aromatic rings. The van der Waals surface area contributed by atoms with Crippen LogP contribution in [0.4, 0.5) is 17.6 Å². The fraction of sp³-hybridized carbons (Fsp3) is 0.391. The Morgan fingerprint density at radius 3 is 2.34 bits per heavy atom. The van der Waals surface area contributed by atoms with Crippen LogP contribution < -0.4 is 10.0 Å². The van der Waals surface area contributed by atoms with Crippen molar-refractivity contribution >= 4 is 21.6 Å². The third-order valence-corrected chi connectivity index (χ3v) is 7.68. The molecule has 1 atom stereocenters. The summed E-state index contributed by atoms with van der Waals surface area (Å²) in [4.78, 5) is 15.9. The Balaban J connectivity index is 1.34. The van der Waals surface area contributed by atoms with Crippen LogP contribution in [-0.2, 0) is 21.0 Å². The van der Waals surface area contributed by atoms with Gasteiger partial charge in [-0.2, -0.15) is 13.2 Å². The summed E-state index contributed by atoms with van der Waals surface area (Å²) in [5.41, 5.74) is -0.346. The zero-order valence-electron chi connectivity index (χ0n) is 18.7. The molecule has 1 fully saturated rings. The molecule has 1 aliphatic rings. The lowest BCUT2D eigenvalue weighted by Gasteiger charge is -2.29. The number of sulfonamides is 1. The van der Waals surface area contributed by atoms with Crippen molar-refractivity contribution in [2.75, 3.05) is 0 Å². The number of halogens is 4. The van der Waals surface area contributed by atoms with E-state index in [2.05, 4.69) is 15.0 Å². The van der Waals surface area contributed by atoms with Crippen LogP contribution in [0.15, 0.2) is 53.7 Å². The Kier molecular flexibility index (Phi) is 6.87. The van der Waals surface area contributed by atoms with Gasteiger partial charge in [-0.15, -0.1) is 0 Å². The lowest BCUT2D eigenvalue weighted by molar-refractivity contribution is -0.140. The van der Waals surface area contributed by atoms with Crippen molar-refractivity contribution in [3.8, 4) is 0 Å². The summed E-state index contributed by atoms with van der Waals surface area (Å²) >= 11 is 0. The number of hydrogen-bond donors (Lipinski definition) is 2. The van der Waals surface area contributed by atoms with Gasteiger partial charge in [0.05, 0.1) is 10.9 Å². The molecule has 0 saturated heterocycles. The lowest BCUT2D eigenvalue weighted by atomic mass is 9.85. The molecule has 2 N–H and O–H groups in total. The number of pyridine rings is 1. The van der Waals surface area contributed by atoms with Crippen LogP contribution in [0.3, 0.4) is 0 Å². The highest BCUT2D eigenvalue weighted by Crippen LogP contribution is 2.29. The zero-order valence-corrected chi connectivity index (χ0v) is 19.5. The van der Waals surface area contributed by atoms with Crippen LogP contribution in [0.1, 0.15) is 49.9 Å². The molecule has 0 aliphatic heterocycles. The average Bonchev–Trinajstić information content (AvgIpc) is 3.24. The van der Waals surface area contributed by atoms with Gasteiger partial charge in [0.25, 0.3) is 0 Å². The van der Waals surface area contributed by atoms with Crippen LogP contribution in [-0.4, -0.2) is 29.8 Å². The summed E-state index contributed by atoms with van der Waals surface area (Å²) < 4.78 is 81.0. The van der Waals surface area contributed by atoms with Gasteiger partial charge in [-0.3, -0.25) is 4.79 Å². The minimum atomic E-state index is -4.63. The molecule has 0 bridgehead atoms. The normalized spacial score (nSPS) is 20.0. The standard InChI is InChI=1S/C23H24F4N4O3S/c1-14(15-2-6-17(24)7-3-15)28-22(32)16-4-8-18(9-5-16)30-35(33,34)19-10-11-21-29-20(23(25,26)27)13-31(21)12-19/h2-3,6-7,10-14,16,18,30H,4-5,8-9H2,1H3,(H,28,32). The number of alkyl halides is 3. The summed E-state index contributed by atoms with van der Waals surface area (Å²) in [5.74, 6) is -0.778. The molecule has 12 heteroatoms. The number of aromatic nitrogens is 2. The number of nitrogens with one attached hydrogen (secondary N) is 2. The largest absolute Gasteiger partial charge is 0.434 e. The number of carbonyl (C=O) groups is 1. The first-order valence-electron chi connectivity index (χ1n) is 11.1. The Bertz CT molecular complexity index is 1310. The molecule has 7 nitrogen and oxygen atoms in total. The fourth-order valence-electron chi connectivity index (χ4n) is 4.19. The fourth-order valence-corrected chi connectivity index (χ4v) is 5.50. The number of rotatable bonds is 6. The molecule has 1 unspecified atom stereocenters. The maximum Gasteiger partial charge on any atom is 0.434 e. The summed E-state index contributed by atoms with van der Waals surface area (Å²) in [7, 11) is -3.98. The second-order valence-corrected chi connectivity index (χ2v) is 10.4. The summed E-state index contributed by atoms with van der Waals surface area (Å²) in [6.07, 6.45) is -0.969. The van der Waals surface area contributed by atoms with Crippen molar-refractivity contribution in [3.63, 3.8) is 0 Å². The van der Waals surface area contributed by atoms with Gasteiger partial charge >= 0.3 is 6.18 Å². The molecule has 4 rings (SSSR count). The van der Waals surface area contributed by atoms with Gasteiger partial charge in [-0.25, -0.2) is 22.5 Å². The molecule has 188 valence electrons. The first kappa shape index (κ1) is 25.1. The van der Waals surface area contributed by atoms with Gasteiger partial charge in [0.15, 0.2) is 5.69 Å². The highest BCUT2D eigenvalue weighted by molar-refractivity contribution is 7.89. The van der Waals surface area contributed by atoms with Gasteiger partial charge in [0.2, 0.25) is 15.9 Å². The number of carbonyl (C=O) groups excluding carboxylic acids is 1. The van der Waals surface area contributed by atoms with Gasteiger partial charge in [0.1, 0.15) is 11.5 Å². The van der Waals surface area contributed by atoms with Crippen molar-refractivity contribution in [3.05, 3.63) is 65.9 Å². The summed E-state index contributed by atoms with van der Waals surface area (Å²) in [6, 6.07) is 7.60. The van der Waals surface area contributed by atoms with Gasteiger partial charge in [0, 0.05) is 24.4 Å². The zero-order chi connectivity index (χ0) is 25.4. The van der Waals surface area contributed by atoms with Gasteiger partial charge in [-0.05, 0) is 62.4 Å². The lowest BCUT2D eigenvalue weighted by Crippen LogP contribution is -2.41. The molecule has 1 saturated carbocycles. The van der Waals surface area contributed by atoms with E-state index in [1.807, 2.05) is 0 Å². The number of fused-ring (bicyclic) bond motifs is 1. The van der Waals surface area contributed by atoms with E-state index in [1.165, 1.54) is 24.3 Å². The number of nitrogens with zero attached hydrogens (tertiary/aromatic N) is 2.